The summed E-state index contributed by atoms with van der Waals surface area (Å²) in [4.78, 5) is 30.9. The third-order valence-electron chi connectivity index (χ3n) is 4.97. The van der Waals surface area contributed by atoms with Gasteiger partial charge in [-0.05, 0) is 25.0 Å². The second kappa shape index (κ2) is 10.8. The Bertz CT molecular complexity index is 678. The van der Waals surface area contributed by atoms with Crippen LogP contribution in [-0.4, -0.2) is 78.9 Å². The number of aryl methyl sites for hydroxylation is 2. The average molecular weight is 385 g/mol. The van der Waals surface area contributed by atoms with Gasteiger partial charge >= 0.3 is 0 Å². The number of amides is 2. The molecule has 0 aliphatic carbocycles. The number of carbonyl (C=O) groups excluding carboxylic acids is 2. The van der Waals surface area contributed by atoms with Crippen LogP contribution in [0.15, 0.2) is 43.5 Å². The van der Waals surface area contributed by atoms with E-state index in [1.807, 2.05) is 41.8 Å². The highest BCUT2D eigenvalue weighted by atomic mass is 16.2. The zero-order chi connectivity index (χ0) is 20.5. The molecule has 1 aliphatic rings. The predicted octanol–water partition coefficient (Wildman–Crippen LogP) is 2.06. The number of hydrogen-bond acceptors (Lipinski definition) is 4. The smallest absolute Gasteiger partial charge is 0.238 e. The van der Waals surface area contributed by atoms with E-state index in [4.69, 9.17) is 0 Å². The van der Waals surface area contributed by atoms with Crippen molar-refractivity contribution in [3.63, 3.8) is 0 Å². The molecule has 6 nitrogen and oxygen atoms in total. The molecule has 2 rings (SSSR count). The van der Waals surface area contributed by atoms with Gasteiger partial charge in [-0.25, -0.2) is 0 Å². The van der Waals surface area contributed by atoms with Crippen LogP contribution in [0, 0.1) is 13.8 Å². The molecule has 152 valence electrons. The van der Waals surface area contributed by atoms with Gasteiger partial charge in [0.1, 0.15) is 0 Å². The minimum absolute atomic E-state index is 0.0136. The zero-order valence-electron chi connectivity index (χ0n) is 17.1. The van der Waals surface area contributed by atoms with E-state index in [1.165, 1.54) is 0 Å². The van der Waals surface area contributed by atoms with Gasteiger partial charge in [-0.2, -0.15) is 0 Å². The first-order chi connectivity index (χ1) is 13.4. The van der Waals surface area contributed by atoms with Crippen LogP contribution < -0.4 is 5.32 Å². The van der Waals surface area contributed by atoms with Gasteiger partial charge < -0.3 is 10.2 Å². The van der Waals surface area contributed by atoms with Crippen LogP contribution in [0.25, 0.3) is 0 Å². The molecule has 0 spiro atoms. The van der Waals surface area contributed by atoms with Gasteiger partial charge in [0.2, 0.25) is 11.8 Å². The summed E-state index contributed by atoms with van der Waals surface area (Å²) in [5.41, 5.74) is 3.02. The van der Waals surface area contributed by atoms with Crippen LogP contribution in [0.1, 0.15) is 11.1 Å². The first-order valence-electron chi connectivity index (χ1n) is 9.75. The van der Waals surface area contributed by atoms with Crippen LogP contribution in [0.3, 0.4) is 0 Å². The predicted molar refractivity (Wildman–Crippen MR) is 114 cm³/mol. The topological polar surface area (TPSA) is 55.9 Å². The second-order valence-corrected chi connectivity index (χ2v) is 7.24. The van der Waals surface area contributed by atoms with Crippen molar-refractivity contribution < 1.29 is 9.59 Å². The number of carbonyl (C=O) groups is 2. The fourth-order valence-corrected chi connectivity index (χ4v) is 3.41. The van der Waals surface area contributed by atoms with Gasteiger partial charge in [-0.3, -0.25) is 19.4 Å². The molecular weight excluding hydrogens is 352 g/mol. The van der Waals surface area contributed by atoms with Crippen molar-refractivity contribution in [2.24, 2.45) is 0 Å². The SMILES string of the molecule is C=CCN(CC=C)CC(=O)N1CCN(CC(=O)Nc2c(C)cccc2C)CC1. The second-order valence-electron chi connectivity index (χ2n) is 7.24. The number of nitrogens with zero attached hydrogens (tertiary/aromatic N) is 3. The summed E-state index contributed by atoms with van der Waals surface area (Å²) in [6, 6.07) is 5.98. The Kier molecular flexibility index (Phi) is 8.42. The van der Waals surface area contributed by atoms with Crippen molar-refractivity contribution >= 4 is 17.5 Å². The summed E-state index contributed by atoms with van der Waals surface area (Å²) in [7, 11) is 0. The number of benzene rings is 1. The standard InChI is InChI=1S/C22H32N4O2/c1-5-10-24(11-6-2)17-21(28)26-14-12-25(13-15-26)16-20(27)23-22-18(3)8-7-9-19(22)4/h5-9H,1-2,10-17H2,3-4H3,(H,23,27). The number of hydrogen-bond donors (Lipinski definition) is 1. The Morgan fingerprint density at radius 1 is 1.07 bits per heavy atom. The molecular formula is C22H32N4O2. The zero-order valence-corrected chi connectivity index (χ0v) is 17.1. The molecule has 1 aromatic carbocycles. The first-order valence-corrected chi connectivity index (χ1v) is 9.75. The molecule has 0 saturated carbocycles. The molecule has 1 heterocycles. The molecule has 1 aliphatic heterocycles. The van der Waals surface area contributed by atoms with E-state index < -0.39 is 0 Å². The molecule has 6 heteroatoms. The normalized spacial score (nSPS) is 14.8. The molecule has 0 atom stereocenters. The lowest BCUT2D eigenvalue weighted by atomic mass is 10.1. The van der Waals surface area contributed by atoms with Crippen LogP contribution in [0.5, 0.6) is 0 Å². The van der Waals surface area contributed by atoms with Crippen LogP contribution >= 0.6 is 0 Å². The summed E-state index contributed by atoms with van der Waals surface area (Å²) in [5.74, 6) is 0.101. The Morgan fingerprint density at radius 3 is 2.18 bits per heavy atom. The molecule has 2 amide bonds. The number of anilines is 1. The highest BCUT2D eigenvalue weighted by molar-refractivity contribution is 5.93. The average Bonchev–Trinajstić information content (AvgIpc) is 2.66. The van der Waals surface area contributed by atoms with Crippen molar-refractivity contribution in [3.8, 4) is 0 Å². The maximum atomic E-state index is 12.5. The summed E-state index contributed by atoms with van der Waals surface area (Å²) >= 11 is 0. The van der Waals surface area contributed by atoms with Crippen molar-refractivity contribution in [1.29, 1.82) is 0 Å². The number of rotatable bonds is 9. The molecule has 0 aromatic heterocycles. The summed E-state index contributed by atoms with van der Waals surface area (Å²) in [6.07, 6.45) is 3.59. The molecule has 0 bridgehead atoms. The van der Waals surface area contributed by atoms with Crippen molar-refractivity contribution in [2.45, 2.75) is 13.8 Å². The van der Waals surface area contributed by atoms with Crippen LogP contribution in [0.4, 0.5) is 5.69 Å². The van der Waals surface area contributed by atoms with E-state index in [-0.39, 0.29) is 11.8 Å². The third-order valence-corrected chi connectivity index (χ3v) is 4.97. The molecule has 0 unspecified atom stereocenters. The lowest BCUT2D eigenvalue weighted by molar-refractivity contribution is -0.134. The lowest BCUT2D eigenvalue weighted by Gasteiger charge is -2.35. The van der Waals surface area contributed by atoms with Crippen molar-refractivity contribution in [2.75, 3.05) is 57.7 Å². The van der Waals surface area contributed by atoms with Gasteiger partial charge in [0.05, 0.1) is 13.1 Å². The molecule has 1 aromatic rings. The molecule has 1 N–H and O–H groups in total. The number of para-hydroxylation sites is 1. The van der Waals surface area contributed by atoms with Gasteiger partial charge in [-0.15, -0.1) is 13.2 Å². The Labute approximate surface area is 168 Å². The van der Waals surface area contributed by atoms with Gasteiger partial charge in [0, 0.05) is 45.0 Å². The van der Waals surface area contributed by atoms with E-state index in [1.54, 1.807) is 12.2 Å². The number of nitrogens with one attached hydrogen (secondary N) is 1. The van der Waals surface area contributed by atoms with E-state index in [0.29, 0.717) is 52.4 Å². The van der Waals surface area contributed by atoms with Gasteiger partial charge in [-0.1, -0.05) is 30.4 Å². The Morgan fingerprint density at radius 2 is 1.64 bits per heavy atom. The Hall–Kier alpha value is -2.44. The summed E-state index contributed by atoms with van der Waals surface area (Å²) in [5, 5.41) is 3.03. The fraction of sp³-hybridized carbons (Fsp3) is 0.455. The minimum atomic E-state index is -0.0136. The van der Waals surface area contributed by atoms with E-state index >= 15 is 0 Å². The highest BCUT2D eigenvalue weighted by Crippen LogP contribution is 2.19. The lowest BCUT2D eigenvalue weighted by Crippen LogP contribution is -2.52. The summed E-state index contributed by atoms with van der Waals surface area (Å²) in [6.45, 7) is 16.2. The third kappa shape index (κ3) is 6.32. The maximum Gasteiger partial charge on any atom is 0.238 e. The quantitative estimate of drug-likeness (QED) is 0.662. The molecule has 0 radical (unpaired) electrons. The summed E-state index contributed by atoms with van der Waals surface area (Å²) < 4.78 is 0. The maximum absolute atomic E-state index is 12.5. The first kappa shape index (κ1) is 21.9. The largest absolute Gasteiger partial charge is 0.339 e. The van der Waals surface area contributed by atoms with Crippen LogP contribution in [0.2, 0.25) is 0 Å². The van der Waals surface area contributed by atoms with Crippen molar-refractivity contribution in [1.82, 2.24) is 14.7 Å². The molecule has 1 saturated heterocycles. The highest BCUT2D eigenvalue weighted by Gasteiger charge is 2.23. The van der Waals surface area contributed by atoms with E-state index in [2.05, 4.69) is 23.4 Å². The van der Waals surface area contributed by atoms with Crippen LogP contribution in [-0.2, 0) is 9.59 Å². The monoisotopic (exact) mass is 384 g/mol. The van der Waals surface area contributed by atoms with Gasteiger partial charge in [0.25, 0.3) is 0 Å². The number of piperazine rings is 1. The van der Waals surface area contributed by atoms with E-state index in [9.17, 15) is 9.59 Å². The van der Waals surface area contributed by atoms with E-state index in [0.717, 1.165) is 16.8 Å². The Balaban J connectivity index is 1.80. The van der Waals surface area contributed by atoms with Gasteiger partial charge in [0.15, 0.2) is 0 Å². The minimum Gasteiger partial charge on any atom is -0.339 e. The molecule has 1 fully saturated rings. The molecule has 28 heavy (non-hydrogen) atoms. The fourth-order valence-electron chi connectivity index (χ4n) is 3.41. The van der Waals surface area contributed by atoms with Crippen molar-refractivity contribution in [3.05, 3.63) is 54.6 Å².